The molecule has 216 valence electrons. The van der Waals surface area contributed by atoms with Crippen molar-refractivity contribution in [2.75, 3.05) is 6.54 Å². The first-order valence-electron chi connectivity index (χ1n) is 12.1. The van der Waals surface area contributed by atoms with Crippen LogP contribution >= 0.6 is 0 Å². The van der Waals surface area contributed by atoms with Crippen molar-refractivity contribution in [1.82, 2.24) is 15.5 Å². The molecule has 3 amide bonds. The topological polar surface area (TPSA) is 133 Å². The first-order valence-corrected chi connectivity index (χ1v) is 12.1. The van der Waals surface area contributed by atoms with Gasteiger partial charge in [0.2, 0.25) is 17.6 Å². The van der Waals surface area contributed by atoms with Gasteiger partial charge in [-0.1, -0.05) is 27.7 Å². The Labute approximate surface area is 221 Å². The third kappa shape index (κ3) is 7.09. The SMILES string of the molecule is CC(C)[C@H](NC(=O)c1ccc(C(=O)O)cc1)C(=O)N1CCC[C@H]1C(=O)N[C@H](C(=O)C(F)(F)C(F)(F)F)C(C)C. The quantitative estimate of drug-likeness (QED) is 0.375. The molecule has 1 fully saturated rings. The first kappa shape index (κ1) is 31.6. The number of benzene rings is 1. The highest BCUT2D eigenvalue weighted by atomic mass is 19.4. The number of hydrogen-bond acceptors (Lipinski definition) is 5. The van der Waals surface area contributed by atoms with Gasteiger partial charge in [-0.25, -0.2) is 4.79 Å². The number of likely N-dealkylation sites (tertiary alicyclic amines) is 1. The largest absolute Gasteiger partial charge is 0.478 e. The maximum atomic E-state index is 13.7. The monoisotopic (exact) mass is 563 g/mol. The average Bonchev–Trinajstić information content (AvgIpc) is 3.34. The minimum absolute atomic E-state index is 0.0440. The van der Waals surface area contributed by atoms with E-state index in [-0.39, 0.29) is 24.1 Å². The van der Waals surface area contributed by atoms with Crippen LogP contribution in [0, 0.1) is 11.8 Å². The molecule has 2 rings (SSSR count). The maximum Gasteiger partial charge on any atom is 0.461 e. The highest BCUT2D eigenvalue weighted by molar-refractivity contribution is 6.00. The molecule has 0 spiro atoms. The van der Waals surface area contributed by atoms with Crippen molar-refractivity contribution >= 4 is 29.5 Å². The molecule has 0 aliphatic carbocycles. The number of carbonyl (C=O) groups is 5. The maximum absolute atomic E-state index is 13.7. The third-order valence-corrected chi connectivity index (χ3v) is 6.36. The number of Topliss-reactive ketones (excluding diaryl/α,β-unsaturated/α-hetero) is 1. The summed E-state index contributed by atoms with van der Waals surface area (Å²) in [6.07, 6.45) is -5.78. The van der Waals surface area contributed by atoms with E-state index >= 15 is 0 Å². The van der Waals surface area contributed by atoms with Crippen molar-refractivity contribution in [1.29, 1.82) is 0 Å². The first-order chi connectivity index (χ1) is 17.9. The number of nitrogens with one attached hydrogen (secondary N) is 2. The van der Waals surface area contributed by atoms with Gasteiger partial charge in [0.15, 0.2) is 0 Å². The van der Waals surface area contributed by atoms with Crippen LogP contribution in [0.2, 0.25) is 0 Å². The minimum Gasteiger partial charge on any atom is -0.478 e. The normalized spacial score (nSPS) is 17.6. The van der Waals surface area contributed by atoms with Crippen molar-refractivity contribution in [2.45, 2.75) is 70.8 Å². The van der Waals surface area contributed by atoms with Crippen LogP contribution in [0.15, 0.2) is 24.3 Å². The fourth-order valence-corrected chi connectivity index (χ4v) is 4.10. The smallest absolute Gasteiger partial charge is 0.461 e. The number of amides is 3. The second-order valence-corrected chi connectivity index (χ2v) is 9.93. The van der Waals surface area contributed by atoms with Gasteiger partial charge in [0.25, 0.3) is 5.91 Å². The predicted molar refractivity (Wildman–Crippen MR) is 127 cm³/mol. The molecule has 1 aromatic rings. The van der Waals surface area contributed by atoms with E-state index in [0.29, 0.717) is 6.42 Å². The molecule has 3 N–H and O–H groups in total. The summed E-state index contributed by atoms with van der Waals surface area (Å²) in [6, 6.07) is 0.346. The molecule has 0 saturated carbocycles. The summed E-state index contributed by atoms with van der Waals surface area (Å²) in [7, 11) is 0. The number of carbonyl (C=O) groups excluding carboxylic acids is 4. The Morgan fingerprint density at radius 2 is 1.38 bits per heavy atom. The zero-order chi connectivity index (χ0) is 29.9. The molecule has 1 heterocycles. The summed E-state index contributed by atoms with van der Waals surface area (Å²) in [4.78, 5) is 63.3. The molecule has 0 bridgehead atoms. The minimum atomic E-state index is -6.14. The number of ketones is 1. The Bertz CT molecular complexity index is 1100. The molecule has 0 unspecified atom stereocenters. The van der Waals surface area contributed by atoms with Gasteiger partial charge in [0, 0.05) is 12.1 Å². The van der Waals surface area contributed by atoms with Crippen LogP contribution in [0.25, 0.3) is 0 Å². The van der Waals surface area contributed by atoms with Crippen LogP contribution in [0.5, 0.6) is 0 Å². The van der Waals surface area contributed by atoms with Crippen LogP contribution < -0.4 is 10.6 Å². The van der Waals surface area contributed by atoms with Crippen LogP contribution in [-0.4, -0.2) is 76.2 Å². The zero-order valence-electron chi connectivity index (χ0n) is 21.6. The zero-order valence-corrected chi connectivity index (χ0v) is 21.6. The molecule has 1 aliphatic heterocycles. The second kappa shape index (κ2) is 12.1. The van der Waals surface area contributed by atoms with E-state index < -0.39 is 71.5 Å². The lowest BCUT2D eigenvalue weighted by atomic mass is 9.95. The molecule has 1 saturated heterocycles. The Balaban J connectivity index is 2.21. The highest BCUT2D eigenvalue weighted by Crippen LogP contribution is 2.37. The van der Waals surface area contributed by atoms with E-state index in [4.69, 9.17) is 5.11 Å². The number of hydrogen-bond donors (Lipinski definition) is 3. The van der Waals surface area contributed by atoms with Gasteiger partial charge in [-0.3, -0.25) is 19.2 Å². The molecule has 0 aromatic heterocycles. The van der Waals surface area contributed by atoms with E-state index in [2.05, 4.69) is 5.32 Å². The number of halogens is 5. The predicted octanol–water partition coefficient (Wildman–Crippen LogP) is 3.04. The number of carboxylic acid groups (broad SMARTS) is 1. The molecule has 1 aromatic carbocycles. The Kier molecular flexibility index (Phi) is 9.80. The molecule has 14 heteroatoms. The number of nitrogens with zero attached hydrogens (tertiary/aromatic N) is 1. The number of carboxylic acids is 1. The van der Waals surface area contributed by atoms with Crippen molar-refractivity contribution in [3.05, 3.63) is 35.4 Å². The number of rotatable bonds is 10. The Hall–Kier alpha value is -3.58. The van der Waals surface area contributed by atoms with Crippen LogP contribution in [0.4, 0.5) is 22.0 Å². The van der Waals surface area contributed by atoms with Gasteiger partial charge < -0.3 is 20.6 Å². The van der Waals surface area contributed by atoms with Crippen molar-refractivity contribution in [3.8, 4) is 0 Å². The molecule has 3 atom stereocenters. The van der Waals surface area contributed by atoms with Crippen LogP contribution in [0.1, 0.15) is 61.3 Å². The van der Waals surface area contributed by atoms with Crippen LogP contribution in [0.3, 0.4) is 0 Å². The molecular weight excluding hydrogens is 533 g/mol. The summed E-state index contributed by atoms with van der Waals surface area (Å²) in [6.45, 7) is 5.67. The standard InChI is InChI=1S/C25H30F5N3O6/c1-12(2)17(19(34)24(26,27)25(28,29)30)31-21(36)16-6-5-11-33(16)22(37)18(13(3)4)32-20(35)14-7-9-15(10-8-14)23(38)39/h7-10,12-13,16-18H,5-6,11H2,1-4H3,(H,31,36)(H,32,35)(H,38,39)/t16-,17-,18-/m0/s1. The lowest BCUT2D eigenvalue weighted by Crippen LogP contribution is -2.60. The van der Waals surface area contributed by atoms with Crippen molar-refractivity contribution in [2.24, 2.45) is 11.8 Å². The highest BCUT2D eigenvalue weighted by Gasteiger charge is 2.64. The summed E-state index contributed by atoms with van der Waals surface area (Å²) in [5.74, 6) is -13.4. The second-order valence-electron chi connectivity index (χ2n) is 9.93. The van der Waals surface area contributed by atoms with Gasteiger partial charge in [-0.2, -0.15) is 22.0 Å². The van der Waals surface area contributed by atoms with E-state index in [0.717, 1.165) is 4.90 Å². The number of aromatic carboxylic acids is 1. The van der Waals surface area contributed by atoms with Gasteiger partial charge in [0.05, 0.1) is 11.6 Å². The van der Waals surface area contributed by atoms with Crippen molar-refractivity contribution < 1.29 is 51.0 Å². The Morgan fingerprint density at radius 3 is 1.85 bits per heavy atom. The molecule has 1 aliphatic rings. The summed E-state index contributed by atoms with van der Waals surface area (Å²) in [5, 5.41) is 13.5. The molecule has 0 radical (unpaired) electrons. The summed E-state index contributed by atoms with van der Waals surface area (Å²) >= 11 is 0. The molecule has 39 heavy (non-hydrogen) atoms. The van der Waals surface area contributed by atoms with Gasteiger partial charge >= 0.3 is 18.1 Å². The van der Waals surface area contributed by atoms with Gasteiger partial charge in [-0.05, 0) is 48.9 Å². The van der Waals surface area contributed by atoms with E-state index in [1.54, 1.807) is 13.8 Å². The van der Waals surface area contributed by atoms with Gasteiger partial charge in [-0.15, -0.1) is 0 Å². The number of alkyl halides is 5. The molecule has 9 nitrogen and oxygen atoms in total. The lowest BCUT2D eigenvalue weighted by molar-refractivity contribution is -0.270. The summed E-state index contributed by atoms with van der Waals surface area (Å²) < 4.78 is 65.7. The van der Waals surface area contributed by atoms with E-state index in [1.807, 2.05) is 5.32 Å². The van der Waals surface area contributed by atoms with E-state index in [1.165, 1.54) is 38.1 Å². The third-order valence-electron chi connectivity index (χ3n) is 6.36. The Morgan fingerprint density at radius 1 is 0.872 bits per heavy atom. The van der Waals surface area contributed by atoms with Crippen molar-refractivity contribution in [3.63, 3.8) is 0 Å². The van der Waals surface area contributed by atoms with Gasteiger partial charge in [0.1, 0.15) is 12.1 Å². The fraction of sp³-hybridized carbons (Fsp3) is 0.560. The fourth-order valence-electron chi connectivity index (χ4n) is 4.10. The molecular formula is C25H30F5N3O6. The summed E-state index contributed by atoms with van der Waals surface area (Å²) in [5.41, 5.74) is 0.0122. The lowest BCUT2D eigenvalue weighted by Gasteiger charge is -2.32. The average molecular weight is 564 g/mol. The van der Waals surface area contributed by atoms with E-state index in [9.17, 15) is 45.9 Å². The van der Waals surface area contributed by atoms with Crippen LogP contribution in [-0.2, 0) is 14.4 Å².